The highest BCUT2D eigenvalue weighted by Crippen LogP contribution is 2.24. The van der Waals surface area contributed by atoms with E-state index in [1.807, 2.05) is 54.3 Å². The minimum atomic E-state index is -0.910. The topological polar surface area (TPSA) is 75.9 Å². The van der Waals surface area contributed by atoms with E-state index in [1.165, 1.54) is 10.5 Å². The van der Waals surface area contributed by atoms with Crippen molar-refractivity contribution in [3.63, 3.8) is 0 Å². The number of ether oxygens (including phenoxy) is 1. The molecule has 2 N–H and O–H groups in total. The van der Waals surface area contributed by atoms with E-state index in [9.17, 15) is 9.59 Å². The number of aryl methyl sites for hydroxylation is 1. The molecule has 0 bridgehead atoms. The molecule has 27 heavy (non-hydrogen) atoms. The van der Waals surface area contributed by atoms with E-state index in [0.29, 0.717) is 0 Å². The Bertz CT molecular complexity index is 846. The molecular formula is C21H21N3O3. The Balaban J connectivity index is 1.67. The molecule has 1 atom stereocenters. The van der Waals surface area contributed by atoms with Gasteiger partial charge in [-0.1, -0.05) is 48.0 Å². The van der Waals surface area contributed by atoms with Crippen molar-refractivity contribution in [3.05, 3.63) is 90.5 Å². The third kappa shape index (κ3) is 4.76. The zero-order valence-corrected chi connectivity index (χ0v) is 15.0. The van der Waals surface area contributed by atoms with Gasteiger partial charge in [-0.3, -0.25) is 9.69 Å². The van der Waals surface area contributed by atoms with Gasteiger partial charge in [0.1, 0.15) is 6.10 Å². The zero-order chi connectivity index (χ0) is 19.2. The molecule has 0 aromatic heterocycles. The second-order valence-electron chi connectivity index (χ2n) is 6.18. The van der Waals surface area contributed by atoms with Crippen LogP contribution < -0.4 is 10.6 Å². The van der Waals surface area contributed by atoms with Crippen molar-refractivity contribution in [2.24, 2.45) is 5.73 Å². The van der Waals surface area contributed by atoms with Crippen LogP contribution in [0.2, 0.25) is 0 Å². The normalized spacial score (nSPS) is 14.1. The highest BCUT2D eigenvalue weighted by molar-refractivity contribution is 5.80. The number of hydrogen-bond donors (Lipinski definition) is 1. The molecule has 138 valence electrons. The lowest BCUT2D eigenvalue weighted by Gasteiger charge is -2.25. The summed E-state index contributed by atoms with van der Waals surface area (Å²) in [5.74, 6) is -0.207. The molecule has 1 aliphatic rings. The van der Waals surface area contributed by atoms with Gasteiger partial charge in [0.15, 0.2) is 0 Å². The fourth-order valence-electron chi connectivity index (χ4n) is 2.74. The van der Waals surface area contributed by atoms with Crippen LogP contribution in [0.5, 0.6) is 0 Å². The fourth-order valence-corrected chi connectivity index (χ4v) is 2.74. The minimum Gasteiger partial charge on any atom is -0.441 e. The molecule has 6 heteroatoms. The molecule has 1 aliphatic heterocycles. The average Bonchev–Trinajstić information content (AvgIpc) is 2.68. The number of amides is 2. The third-order valence-electron chi connectivity index (χ3n) is 4.19. The number of nitrogens with zero attached hydrogens (tertiary/aromatic N) is 2. The summed E-state index contributed by atoms with van der Waals surface area (Å²) in [5.41, 5.74) is 8.06. The van der Waals surface area contributed by atoms with Gasteiger partial charge in [0, 0.05) is 30.5 Å². The van der Waals surface area contributed by atoms with E-state index in [-0.39, 0.29) is 12.3 Å². The maximum absolute atomic E-state index is 12.6. The smallest absolute Gasteiger partial charge is 0.405 e. The van der Waals surface area contributed by atoms with Gasteiger partial charge in [0.05, 0.1) is 6.42 Å². The van der Waals surface area contributed by atoms with E-state index in [1.54, 1.807) is 36.9 Å². The van der Waals surface area contributed by atoms with Crippen molar-refractivity contribution in [2.45, 2.75) is 19.4 Å². The number of nitrogens with two attached hydrogens (primary N) is 1. The molecule has 2 aromatic carbocycles. The van der Waals surface area contributed by atoms with Gasteiger partial charge in [-0.2, -0.15) is 0 Å². The van der Waals surface area contributed by atoms with Crippen molar-refractivity contribution in [1.29, 1.82) is 0 Å². The van der Waals surface area contributed by atoms with E-state index in [4.69, 9.17) is 10.5 Å². The Morgan fingerprint density at radius 2 is 1.59 bits per heavy atom. The Morgan fingerprint density at radius 1 is 0.963 bits per heavy atom. The molecule has 0 radical (unpaired) electrons. The van der Waals surface area contributed by atoms with Crippen LogP contribution in [-0.2, 0) is 9.53 Å². The van der Waals surface area contributed by atoms with Crippen LogP contribution in [0, 0.1) is 6.92 Å². The standard InChI is InChI=1S/C21H21N3O3/c1-16-7-9-18(10-8-16)23-11-13-24(14-12-23)20(25)15-19(27-21(22)26)17-5-3-2-4-6-17/h2-14,19H,15H2,1H3,(H2,22,26). The largest absolute Gasteiger partial charge is 0.441 e. The third-order valence-corrected chi connectivity index (χ3v) is 4.19. The monoisotopic (exact) mass is 363 g/mol. The number of carbonyl (C=O) groups excluding carboxylic acids is 2. The van der Waals surface area contributed by atoms with Crippen molar-refractivity contribution < 1.29 is 14.3 Å². The van der Waals surface area contributed by atoms with Crippen LogP contribution in [0.1, 0.15) is 23.7 Å². The summed E-state index contributed by atoms with van der Waals surface area (Å²) in [6.45, 7) is 2.03. The molecule has 0 saturated heterocycles. The summed E-state index contributed by atoms with van der Waals surface area (Å²) in [5, 5.41) is 0. The zero-order valence-electron chi connectivity index (χ0n) is 15.0. The van der Waals surface area contributed by atoms with Crippen molar-refractivity contribution in [3.8, 4) is 0 Å². The summed E-state index contributed by atoms with van der Waals surface area (Å²) < 4.78 is 5.13. The second-order valence-corrected chi connectivity index (χ2v) is 6.18. The highest BCUT2D eigenvalue weighted by atomic mass is 16.6. The highest BCUT2D eigenvalue weighted by Gasteiger charge is 2.22. The molecule has 3 rings (SSSR count). The van der Waals surface area contributed by atoms with Crippen molar-refractivity contribution in [1.82, 2.24) is 4.90 Å². The van der Waals surface area contributed by atoms with Crippen LogP contribution in [-0.4, -0.2) is 16.9 Å². The van der Waals surface area contributed by atoms with Gasteiger partial charge >= 0.3 is 6.09 Å². The van der Waals surface area contributed by atoms with Gasteiger partial charge in [-0.25, -0.2) is 4.79 Å². The molecule has 1 unspecified atom stereocenters. The molecule has 2 aromatic rings. The number of carbonyl (C=O) groups is 2. The van der Waals surface area contributed by atoms with Crippen LogP contribution in [0.15, 0.2) is 79.4 Å². The first-order valence-corrected chi connectivity index (χ1v) is 8.57. The van der Waals surface area contributed by atoms with Crippen LogP contribution in [0.25, 0.3) is 0 Å². The number of benzene rings is 2. The molecule has 0 spiro atoms. The van der Waals surface area contributed by atoms with E-state index in [2.05, 4.69) is 0 Å². The van der Waals surface area contributed by atoms with E-state index >= 15 is 0 Å². The Morgan fingerprint density at radius 3 is 2.19 bits per heavy atom. The first kappa shape index (κ1) is 18.3. The van der Waals surface area contributed by atoms with Gasteiger partial charge in [-0.05, 0) is 24.6 Å². The summed E-state index contributed by atoms with van der Waals surface area (Å²) in [6, 6.07) is 17.1. The maximum Gasteiger partial charge on any atom is 0.405 e. The minimum absolute atomic E-state index is 0.00777. The van der Waals surface area contributed by atoms with E-state index in [0.717, 1.165) is 11.3 Å². The SMILES string of the molecule is Cc1ccc(N2C=CN(C(=O)CC(OC(N)=O)c3ccccc3)C=C2)cc1. The molecule has 0 saturated carbocycles. The summed E-state index contributed by atoms with van der Waals surface area (Å²) in [6.07, 6.45) is 5.30. The lowest BCUT2D eigenvalue weighted by atomic mass is 10.1. The van der Waals surface area contributed by atoms with Crippen LogP contribution in [0.3, 0.4) is 0 Å². The molecule has 2 amide bonds. The predicted molar refractivity (Wildman–Crippen MR) is 103 cm³/mol. The predicted octanol–water partition coefficient (Wildman–Crippen LogP) is 3.81. The summed E-state index contributed by atoms with van der Waals surface area (Å²) in [7, 11) is 0. The van der Waals surface area contributed by atoms with Crippen molar-refractivity contribution in [2.75, 3.05) is 4.90 Å². The molecule has 1 heterocycles. The molecule has 6 nitrogen and oxygen atoms in total. The number of primary amides is 1. The second kappa shape index (κ2) is 8.23. The first-order chi connectivity index (χ1) is 13.0. The lowest BCUT2D eigenvalue weighted by molar-refractivity contribution is -0.128. The van der Waals surface area contributed by atoms with Crippen LogP contribution in [0.4, 0.5) is 10.5 Å². The van der Waals surface area contributed by atoms with Crippen molar-refractivity contribution >= 4 is 17.7 Å². The Labute approximate surface area is 158 Å². The number of hydrogen-bond acceptors (Lipinski definition) is 4. The summed E-state index contributed by atoms with van der Waals surface area (Å²) >= 11 is 0. The number of rotatable bonds is 5. The van der Waals surface area contributed by atoms with Gasteiger partial charge in [0.25, 0.3) is 0 Å². The van der Waals surface area contributed by atoms with E-state index < -0.39 is 12.2 Å². The molecular weight excluding hydrogens is 342 g/mol. The molecule has 0 fully saturated rings. The fraction of sp³-hybridized carbons (Fsp3) is 0.143. The van der Waals surface area contributed by atoms with Gasteiger partial charge in [-0.15, -0.1) is 0 Å². The Hall–Kier alpha value is -3.54. The van der Waals surface area contributed by atoms with Crippen LogP contribution >= 0.6 is 0 Å². The number of anilines is 1. The van der Waals surface area contributed by atoms with Gasteiger partial charge in [0.2, 0.25) is 5.91 Å². The first-order valence-electron chi connectivity index (χ1n) is 8.57. The average molecular weight is 363 g/mol. The van der Waals surface area contributed by atoms with Gasteiger partial charge < -0.3 is 15.4 Å². The maximum atomic E-state index is 12.6. The molecule has 0 aliphatic carbocycles. The quantitative estimate of drug-likeness (QED) is 0.876. The Kier molecular flexibility index (Phi) is 5.56. The summed E-state index contributed by atoms with van der Waals surface area (Å²) in [4.78, 5) is 27.2. The lowest BCUT2D eigenvalue weighted by Crippen LogP contribution is -2.28.